The van der Waals surface area contributed by atoms with Crippen LogP contribution >= 0.6 is 0 Å². The van der Waals surface area contributed by atoms with E-state index in [-0.39, 0.29) is 0 Å². The fraction of sp³-hybridized carbons (Fsp3) is 0.152. The van der Waals surface area contributed by atoms with Crippen LogP contribution in [0, 0.1) is 63.2 Å². The third kappa shape index (κ3) is 3.98. The largest absolute Gasteiger partial charge is 0.336 e. The summed E-state index contributed by atoms with van der Waals surface area (Å²) >= 11 is 0. The first-order valence-electron chi connectivity index (χ1n) is 12.2. The van der Waals surface area contributed by atoms with Crippen molar-refractivity contribution in [2.45, 2.75) is 32.2 Å². The lowest BCUT2D eigenvalue weighted by Crippen LogP contribution is -2.05. The topological polar surface area (TPSA) is 4.93 Å². The van der Waals surface area contributed by atoms with E-state index in [1.54, 1.807) is 0 Å². The molecule has 2 aliphatic carbocycles. The van der Waals surface area contributed by atoms with Crippen molar-refractivity contribution >= 4 is 21.8 Å². The summed E-state index contributed by atoms with van der Waals surface area (Å²) in [5.74, 6) is 3.49. The summed E-state index contributed by atoms with van der Waals surface area (Å²) in [6.07, 6.45) is 17.4. The molecule has 10 radical (unpaired) electrons. The predicted octanol–water partition coefficient (Wildman–Crippen LogP) is 7.86. The Balaban J connectivity index is 1.48. The summed E-state index contributed by atoms with van der Waals surface area (Å²) in [5, 5.41) is 2.69. The molecule has 0 N–H and O–H groups in total. The first kappa shape index (κ1) is 22.0. The van der Waals surface area contributed by atoms with E-state index < -0.39 is 0 Å². The van der Waals surface area contributed by atoms with E-state index >= 15 is 0 Å². The van der Waals surface area contributed by atoms with Crippen LogP contribution in [0.25, 0.3) is 21.8 Å². The average Bonchev–Trinajstić information content (AvgIpc) is 3.65. The highest BCUT2D eigenvalue weighted by atomic mass is 15.0. The predicted molar refractivity (Wildman–Crippen MR) is 143 cm³/mol. The third-order valence-electron chi connectivity index (χ3n) is 7.47. The zero-order chi connectivity index (χ0) is 23.1. The van der Waals surface area contributed by atoms with Crippen molar-refractivity contribution in [1.29, 1.82) is 0 Å². The number of hydrogen-bond donors (Lipinski definition) is 0. The van der Waals surface area contributed by atoms with E-state index in [4.69, 9.17) is 0 Å². The SMILES string of the molecule is CC([C]1[CH][CH][CH][CH]1)c1ccc2c(c1)c1cc(C(C)[C]3[CH][CH][CH][CH]3)ccc1n2Cc1ccccc1. The molecule has 3 aromatic carbocycles. The van der Waals surface area contributed by atoms with Crippen LogP contribution in [-0.4, -0.2) is 4.57 Å². The molecule has 1 aromatic heterocycles. The Morgan fingerprint density at radius 3 is 1.53 bits per heavy atom. The number of fused-ring (bicyclic) bond motifs is 3. The van der Waals surface area contributed by atoms with Crippen molar-refractivity contribution < 1.29 is 0 Å². The minimum Gasteiger partial charge on any atom is -0.336 e. The van der Waals surface area contributed by atoms with Gasteiger partial charge in [-0.1, -0.05) is 56.3 Å². The molecule has 34 heavy (non-hydrogen) atoms. The molecule has 0 bridgehead atoms. The van der Waals surface area contributed by atoms with Crippen molar-refractivity contribution in [1.82, 2.24) is 4.57 Å². The molecule has 6 rings (SSSR count). The average molecular weight is 440 g/mol. The summed E-state index contributed by atoms with van der Waals surface area (Å²) in [5.41, 5.74) is 6.66. The summed E-state index contributed by atoms with van der Waals surface area (Å²) in [7, 11) is 0. The van der Waals surface area contributed by atoms with Gasteiger partial charge in [0.1, 0.15) is 0 Å². The monoisotopic (exact) mass is 439 g/mol. The summed E-state index contributed by atoms with van der Waals surface area (Å²) in [4.78, 5) is 0. The van der Waals surface area contributed by atoms with E-state index in [0.29, 0.717) is 11.8 Å². The van der Waals surface area contributed by atoms with Gasteiger partial charge in [0.15, 0.2) is 0 Å². The van der Waals surface area contributed by atoms with Gasteiger partial charge < -0.3 is 4.57 Å². The fourth-order valence-corrected chi connectivity index (χ4v) is 5.35. The minimum atomic E-state index is 0.373. The zero-order valence-electron chi connectivity index (χ0n) is 19.8. The molecule has 2 aliphatic rings. The van der Waals surface area contributed by atoms with Gasteiger partial charge in [0.25, 0.3) is 0 Å². The molecule has 0 spiro atoms. The van der Waals surface area contributed by atoms with Gasteiger partial charge in [0.2, 0.25) is 0 Å². The van der Waals surface area contributed by atoms with Crippen molar-refractivity contribution in [3.63, 3.8) is 0 Å². The maximum absolute atomic E-state index is 2.48. The summed E-state index contributed by atoms with van der Waals surface area (Å²) in [6.45, 7) is 5.49. The lowest BCUT2D eigenvalue weighted by Gasteiger charge is -2.19. The third-order valence-corrected chi connectivity index (χ3v) is 7.47. The van der Waals surface area contributed by atoms with Crippen LogP contribution in [0.2, 0.25) is 0 Å². The number of aromatic nitrogens is 1. The van der Waals surface area contributed by atoms with Gasteiger partial charge in [0, 0.05) is 28.4 Å². The van der Waals surface area contributed by atoms with Crippen LogP contribution < -0.4 is 0 Å². The summed E-state index contributed by atoms with van der Waals surface area (Å²) in [6, 6.07) is 24.9. The van der Waals surface area contributed by atoms with Gasteiger partial charge in [-0.25, -0.2) is 0 Å². The lowest BCUT2D eigenvalue weighted by molar-refractivity contribution is 0.826. The zero-order valence-corrected chi connectivity index (χ0v) is 19.8. The van der Waals surface area contributed by atoms with Gasteiger partial charge in [-0.2, -0.15) is 0 Å². The fourth-order valence-electron chi connectivity index (χ4n) is 5.35. The normalized spacial score (nSPS) is 19.4. The Bertz CT molecular complexity index is 1190. The lowest BCUT2D eigenvalue weighted by atomic mass is 9.85. The highest BCUT2D eigenvalue weighted by Gasteiger charge is 2.26. The molecule has 2 fully saturated rings. The highest BCUT2D eigenvalue weighted by Crippen LogP contribution is 2.41. The molecule has 1 heteroatoms. The second-order valence-corrected chi connectivity index (χ2v) is 9.50. The molecule has 1 heterocycles. The molecular weight excluding hydrogens is 410 g/mol. The molecule has 1 nitrogen and oxygen atoms in total. The van der Waals surface area contributed by atoms with E-state index in [2.05, 4.69) is 137 Å². The van der Waals surface area contributed by atoms with Gasteiger partial charge in [-0.3, -0.25) is 0 Å². The van der Waals surface area contributed by atoms with E-state index in [9.17, 15) is 0 Å². The Morgan fingerprint density at radius 2 is 1.06 bits per heavy atom. The quantitative estimate of drug-likeness (QED) is 0.288. The molecular formula is C33H29N. The van der Waals surface area contributed by atoms with Crippen molar-refractivity contribution in [3.05, 3.63) is 147 Å². The molecule has 0 aliphatic heterocycles. The Hall–Kier alpha value is -2.54. The van der Waals surface area contributed by atoms with Crippen LogP contribution in [0.1, 0.15) is 42.4 Å². The molecule has 166 valence electrons. The molecule has 2 saturated carbocycles. The number of benzene rings is 3. The van der Waals surface area contributed by atoms with E-state index in [1.807, 2.05) is 0 Å². The second kappa shape index (κ2) is 9.25. The number of hydrogen-bond acceptors (Lipinski definition) is 0. The Morgan fingerprint density at radius 1 is 0.588 bits per heavy atom. The van der Waals surface area contributed by atoms with Crippen LogP contribution in [0.15, 0.2) is 66.7 Å². The van der Waals surface area contributed by atoms with Gasteiger partial charge in [0.05, 0.1) is 0 Å². The molecule has 2 atom stereocenters. The summed E-state index contributed by atoms with van der Waals surface area (Å²) < 4.78 is 2.48. The minimum absolute atomic E-state index is 0.373. The molecule has 0 saturated heterocycles. The highest BCUT2D eigenvalue weighted by molar-refractivity contribution is 6.08. The first-order valence-corrected chi connectivity index (χ1v) is 12.2. The number of nitrogens with zero attached hydrogens (tertiary/aromatic N) is 1. The van der Waals surface area contributed by atoms with Gasteiger partial charge in [-0.15, -0.1) is 0 Å². The second-order valence-electron chi connectivity index (χ2n) is 9.50. The van der Waals surface area contributed by atoms with Gasteiger partial charge in [-0.05, 0) is 116 Å². The van der Waals surface area contributed by atoms with Gasteiger partial charge >= 0.3 is 0 Å². The first-order chi connectivity index (χ1) is 16.7. The Labute approximate surface area is 205 Å². The van der Waals surface area contributed by atoms with E-state index in [1.165, 1.54) is 50.3 Å². The van der Waals surface area contributed by atoms with Crippen LogP contribution in [0.5, 0.6) is 0 Å². The smallest absolute Gasteiger partial charge is 0.0494 e. The molecule has 2 unspecified atom stereocenters. The van der Waals surface area contributed by atoms with Crippen LogP contribution in [0.3, 0.4) is 0 Å². The van der Waals surface area contributed by atoms with Crippen molar-refractivity contribution in [3.8, 4) is 0 Å². The number of rotatable bonds is 6. The maximum Gasteiger partial charge on any atom is 0.0494 e. The van der Waals surface area contributed by atoms with Crippen LogP contribution in [-0.2, 0) is 6.54 Å². The van der Waals surface area contributed by atoms with E-state index in [0.717, 1.165) is 6.54 Å². The van der Waals surface area contributed by atoms with Crippen molar-refractivity contribution in [2.75, 3.05) is 0 Å². The maximum atomic E-state index is 2.48. The molecule has 0 amide bonds. The van der Waals surface area contributed by atoms with Crippen LogP contribution in [0.4, 0.5) is 0 Å². The molecule has 4 aromatic rings. The Kier molecular flexibility index (Phi) is 5.97. The standard InChI is InChI=1S/C33H29N/c1-23(26-12-6-7-13-26)28-16-18-32-30(20-28)31-21-29(24(2)27-14-8-9-15-27)17-19-33(31)34(32)22-25-10-4-3-5-11-25/h3-21,23-24H,22H2,1-2H3. The van der Waals surface area contributed by atoms with Crippen molar-refractivity contribution in [2.24, 2.45) is 0 Å².